The van der Waals surface area contributed by atoms with Crippen LogP contribution in [0.3, 0.4) is 0 Å². The monoisotopic (exact) mass is 228 g/mol. The molecule has 1 aromatic rings. The van der Waals surface area contributed by atoms with E-state index in [2.05, 4.69) is 15.9 Å². The number of rotatable bonds is 1. The second-order valence-corrected chi connectivity index (χ2v) is 3.22. The van der Waals surface area contributed by atoms with E-state index in [-0.39, 0.29) is 11.5 Å². The number of hydrogen-bond donors (Lipinski definition) is 2. The summed E-state index contributed by atoms with van der Waals surface area (Å²) in [6.45, 7) is 1.89. The summed E-state index contributed by atoms with van der Waals surface area (Å²) in [5, 5.41) is 18.4. The molecule has 1 rings (SSSR count). The molecule has 64 valence electrons. The molecule has 0 aliphatic heterocycles. The Morgan fingerprint density at radius 1 is 1.33 bits per heavy atom. The summed E-state index contributed by atoms with van der Waals surface area (Å²) in [5.74, 6) is -0.235. The van der Waals surface area contributed by atoms with Crippen molar-refractivity contribution >= 4 is 22.0 Å². The van der Waals surface area contributed by atoms with Crippen molar-refractivity contribution < 1.29 is 10.2 Å². The smallest absolute Gasteiger partial charge is 0.171 e. The van der Waals surface area contributed by atoms with Gasteiger partial charge in [0, 0.05) is 0 Å². The molecule has 3 heteroatoms. The van der Waals surface area contributed by atoms with Gasteiger partial charge in [-0.25, -0.2) is 0 Å². The summed E-state index contributed by atoms with van der Waals surface area (Å²) in [6, 6.07) is 3.23. The molecule has 0 bridgehead atoms. The molecule has 0 saturated carbocycles. The zero-order valence-electron chi connectivity index (χ0n) is 6.58. The summed E-state index contributed by atoms with van der Waals surface area (Å²) >= 11 is 3.12. The molecule has 0 aliphatic rings. The zero-order chi connectivity index (χ0) is 9.14. The maximum absolute atomic E-state index is 9.19. The lowest BCUT2D eigenvalue weighted by atomic mass is 10.2. The maximum Gasteiger partial charge on any atom is 0.171 e. The summed E-state index contributed by atoms with van der Waals surface area (Å²) in [5.41, 5.74) is 0.847. The van der Waals surface area contributed by atoms with Crippen LogP contribution in [0.1, 0.15) is 12.5 Å². The lowest BCUT2D eigenvalue weighted by Crippen LogP contribution is -1.75. The summed E-state index contributed by atoms with van der Waals surface area (Å²) in [6.07, 6.45) is 3.70. The molecule has 0 aliphatic carbocycles. The average Bonchev–Trinajstić information content (AvgIpc) is 2.01. The summed E-state index contributed by atoms with van der Waals surface area (Å²) in [7, 11) is 0. The lowest BCUT2D eigenvalue weighted by molar-refractivity contribution is 0.401. The third-order valence-corrected chi connectivity index (χ3v) is 2.03. The molecule has 0 saturated heterocycles. The Hall–Kier alpha value is -0.960. The molecule has 12 heavy (non-hydrogen) atoms. The second-order valence-electron chi connectivity index (χ2n) is 2.37. The first kappa shape index (κ1) is 9.13. The molecular weight excluding hydrogens is 220 g/mol. The highest BCUT2D eigenvalue weighted by atomic mass is 79.9. The van der Waals surface area contributed by atoms with Crippen LogP contribution in [0.15, 0.2) is 22.7 Å². The number of hydrogen-bond acceptors (Lipinski definition) is 2. The van der Waals surface area contributed by atoms with E-state index in [4.69, 9.17) is 0 Å². The second kappa shape index (κ2) is 3.63. The van der Waals surface area contributed by atoms with Crippen LogP contribution < -0.4 is 0 Å². The fourth-order valence-electron chi connectivity index (χ4n) is 0.894. The molecule has 0 radical (unpaired) electrons. The lowest BCUT2D eigenvalue weighted by Gasteiger charge is -2.01. The van der Waals surface area contributed by atoms with Crippen LogP contribution in [0, 0.1) is 0 Å². The van der Waals surface area contributed by atoms with Crippen molar-refractivity contribution in [2.24, 2.45) is 0 Å². The standard InChI is InChI=1S/C9H9BrO2/c1-2-3-6-4-7(10)9(12)8(11)5-6/h2-5,11-12H,1H3/b3-2+. The van der Waals surface area contributed by atoms with Crippen LogP contribution in [0.2, 0.25) is 0 Å². The zero-order valence-corrected chi connectivity index (χ0v) is 8.17. The Balaban J connectivity index is 3.21. The van der Waals surface area contributed by atoms with Crippen molar-refractivity contribution in [1.82, 2.24) is 0 Å². The Morgan fingerprint density at radius 2 is 2.00 bits per heavy atom. The first-order chi connectivity index (χ1) is 5.65. The molecule has 0 amide bonds. The SMILES string of the molecule is C/C=C/c1cc(O)c(O)c(Br)c1. The van der Waals surface area contributed by atoms with Crippen LogP contribution >= 0.6 is 15.9 Å². The van der Waals surface area contributed by atoms with Gasteiger partial charge < -0.3 is 10.2 Å². The van der Waals surface area contributed by atoms with Gasteiger partial charge in [0.2, 0.25) is 0 Å². The molecule has 1 aromatic carbocycles. The van der Waals surface area contributed by atoms with Gasteiger partial charge in [0.25, 0.3) is 0 Å². The minimum absolute atomic E-state index is 0.113. The van der Waals surface area contributed by atoms with Gasteiger partial charge in [-0.05, 0) is 40.5 Å². The van der Waals surface area contributed by atoms with Gasteiger partial charge in [0.05, 0.1) is 4.47 Å². The maximum atomic E-state index is 9.19. The predicted octanol–water partition coefficient (Wildman–Crippen LogP) is 2.89. The van der Waals surface area contributed by atoms with Crippen LogP contribution in [0.25, 0.3) is 6.08 Å². The van der Waals surface area contributed by atoms with Crippen LogP contribution in [0.5, 0.6) is 11.5 Å². The number of benzene rings is 1. The van der Waals surface area contributed by atoms with E-state index in [0.29, 0.717) is 4.47 Å². The van der Waals surface area contributed by atoms with Gasteiger partial charge in [-0.1, -0.05) is 12.2 Å². The molecule has 0 fully saturated rings. The van der Waals surface area contributed by atoms with Crippen molar-refractivity contribution in [3.8, 4) is 11.5 Å². The minimum Gasteiger partial charge on any atom is -0.504 e. The van der Waals surface area contributed by atoms with Gasteiger partial charge in [-0.2, -0.15) is 0 Å². The van der Waals surface area contributed by atoms with Crippen LogP contribution in [-0.4, -0.2) is 10.2 Å². The number of aromatic hydroxyl groups is 2. The Morgan fingerprint density at radius 3 is 2.50 bits per heavy atom. The van der Waals surface area contributed by atoms with Crippen molar-refractivity contribution in [2.45, 2.75) is 6.92 Å². The third-order valence-electron chi connectivity index (χ3n) is 1.42. The normalized spacial score (nSPS) is 10.8. The van der Waals surface area contributed by atoms with Gasteiger partial charge in [0.1, 0.15) is 0 Å². The largest absolute Gasteiger partial charge is 0.504 e. The highest BCUT2D eigenvalue weighted by Crippen LogP contribution is 2.34. The molecular formula is C9H9BrO2. The molecule has 0 aromatic heterocycles. The fraction of sp³-hybridized carbons (Fsp3) is 0.111. The summed E-state index contributed by atoms with van der Waals surface area (Å²) < 4.78 is 0.496. The summed E-state index contributed by atoms with van der Waals surface area (Å²) in [4.78, 5) is 0. The molecule has 2 nitrogen and oxygen atoms in total. The highest BCUT2D eigenvalue weighted by Gasteiger charge is 2.04. The number of phenolic OH excluding ortho intramolecular Hbond substituents is 2. The van der Waals surface area contributed by atoms with E-state index >= 15 is 0 Å². The van der Waals surface area contributed by atoms with E-state index in [1.807, 2.05) is 19.1 Å². The Labute approximate surface area is 79.3 Å². The molecule has 0 atom stereocenters. The van der Waals surface area contributed by atoms with E-state index in [1.165, 1.54) is 6.07 Å². The topological polar surface area (TPSA) is 40.5 Å². The Kier molecular flexibility index (Phi) is 2.76. The van der Waals surface area contributed by atoms with Crippen LogP contribution in [-0.2, 0) is 0 Å². The van der Waals surface area contributed by atoms with Crippen LogP contribution in [0.4, 0.5) is 0 Å². The van der Waals surface area contributed by atoms with Crippen molar-refractivity contribution in [2.75, 3.05) is 0 Å². The van der Waals surface area contributed by atoms with Gasteiger partial charge in [-0.3, -0.25) is 0 Å². The van der Waals surface area contributed by atoms with Crippen molar-refractivity contribution in [1.29, 1.82) is 0 Å². The molecule has 0 heterocycles. The third kappa shape index (κ3) is 1.80. The quantitative estimate of drug-likeness (QED) is 0.727. The molecule has 0 unspecified atom stereocenters. The van der Waals surface area contributed by atoms with Gasteiger partial charge >= 0.3 is 0 Å². The van der Waals surface area contributed by atoms with E-state index in [0.717, 1.165) is 5.56 Å². The number of allylic oxidation sites excluding steroid dienone is 1. The van der Waals surface area contributed by atoms with E-state index in [9.17, 15) is 10.2 Å². The van der Waals surface area contributed by atoms with E-state index < -0.39 is 0 Å². The predicted molar refractivity (Wildman–Crippen MR) is 52.2 cm³/mol. The van der Waals surface area contributed by atoms with Gasteiger partial charge in [-0.15, -0.1) is 0 Å². The highest BCUT2D eigenvalue weighted by molar-refractivity contribution is 9.10. The van der Waals surface area contributed by atoms with Crippen molar-refractivity contribution in [3.63, 3.8) is 0 Å². The number of phenols is 2. The van der Waals surface area contributed by atoms with Gasteiger partial charge in [0.15, 0.2) is 11.5 Å². The molecule has 0 spiro atoms. The Bertz CT molecular complexity index is 295. The first-order valence-electron chi connectivity index (χ1n) is 3.49. The first-order valence-corrected chi connectivity index (χ1v) is 4.28. The fourth-order valence-corrected chi connectivity index (χ4v) is 1.36. The van der Waals surface area contributed by atoms with E-state index in [1.54, 1.807) is 6.07 Å². The van der Waals surface area contributed by atoms with Crippen molar-refractivity contribution in [3.05, 3.63) is 28.2 Å². The molecule has 2 N–H and O–H groups in total. The minimum atomic E-state index is -0.122. The average molecular weight is 229 g/mol. The number of halogens is 1.